The second-order valence-electron chi connectivity index (χ2n) is 8.53. The van der Waals surface area contributed by atoms with Crippen molar-refractivity contribution in [3.8, 4) is 22.8 Å². The van der Waals surface area contributed by atoms with Crippen LogP contribution in [0.3, 0.4) is 0 Å². The number of alkyl halides is 2. The Bertz CT molecular complexity index is 1610. The van der Waals surface area contributed by atoms with Crippen LogP contribution in [-0.2, 0) is 13.1 Å². The van der Waals surface area contributed by atoms with Crippen LogP contribution in [0.4, 0.5) is 13.9 Å². The SMILES string of the molecule is COc1cnc(C(F)F)c(C(=O)N2Cc3nc(NC(=O)c4cnc(C)cc4-c4cc(Cl)ncc4OC)sc3C2)n1. The van der Waals surface area contributed by atoms with Gasteiger partial charge in [-0.3, -0.25) is 19.9 Å². The number of carbonyl (C=O) groups is 2. The first kappa shape index (κ1) is 27.3. The van der Waals surface area contributed by atoms with E-state index in [1.54, 1.807) is 19.1 Å². The maximum atomic E-state index is 13.5. The van der Waals surface area contributed by atoms with Gasteiger partial charge in [-0.2, -0.15) is 0 Å². The molecule has 0 radical (unpaired) electrons. The third-order valence-electron chi connectivity index (χ3n) is 5.99. The number of nitrogens with one attached hydrogen (secondary N) is 1. The minimum absolute atomic E-state index is 0.0478. The third kappa shape index (κ3) is 5.27. The molecule has 40 heavy (non-hydrogen) atoms. The predicted molar refractivity (Wildman–Crippen MR) is 141 cm³/mol. The van der Waals surface area contributed by atoms with Crippen molar-refractivity contribution >= 4 is 39.9 Å². The number of carbonyl (C=O) groups excluding carboxylic acids is 2. The summed E-state index contributed by atoms with van der Waals surface area (Å²) in [4.78, 5) is 48.6. The summed E-state index contributed by atoms with van der Waals surface area (Å²) in [5.74, 6) is -0.817. The number of aromatic nitrogens is 5. The highest BCUT2D eigenvalue weighted by Gasteiger charge is 2.33. The van der Waals surface area contributed by atoms with E-state index in [0.717, 1.165) is 6.20 Å². The van der Waals surface area contributed by atoms with E-state index >= 15 is 0 Å². The Balaban J connectivity index is 1.36. The number of halogens is 3. The van der Waals surface area contributed by atoms with E-state index < -0.39 is 29.6 Å². The summed E-state index contributed by atoms with van der Waals surface area (Å²) in [6, 6.07) is 3.34. The molecule has 0 saturated carbocycles. The van der Waals surface area contributed by atoms with Crippen LogP contribution < -0.4 is 14.8 Å². The van der Waals surface area contributed by atoms with Crippen molar-refractivity contribution in [2.75, 3.05) is 19.5 Å². The first-order valence-corrected chi connectivity index (χ1v) is 12.8. The molecular formula is C25H20ClF2N7O4S. The molecule has 5 rings (SSSR count). The van der Waals surface area contributed by atoms with Gasteiger partial charge in [0.2, 0.25) is 5.88 Å². The maximum absolute atomic E-state index is 13.5. The number of thiazole rings is 1. The van der Waals surface area contributed by atoms with Crippen LogP contribution >= 0.6 is 22.9 Å². The number of hydrogen-bond acceptors (Lipinski definition) is 10. The molecule has 0 aromatic carbocycles. The van der Waals surface area contributed by atoms with Crippen LogP contribution in [-0.4, -0.2) is 55.9 Å². The molecule has 5 heterocycles. The molecule has 1 aliphatic heterocycles. The molecule has 1 aliphatic rings. The van der Waals surface area contributed by atoms with Crippen molar-refractivity contribution in [3.63, 3.8) is 0 Å². The van der Waals surface area contributed by atoms with Crippen molar-refractivity contribution < 1.29 is 27.8 Å². The minimum atomic E-state index is -2.99. The molecule has 0 spiro atoms. The van der Waals surface area contributed by atoms with E-state index in [9.17, 15) is 18.4 Å². The summed E-state index contributed by atoms with van der Waals surface area (Å²) < 4.78 is 37.3. The van der Waals surface area contributed by atoms with Crippen LogP contribution in [0.25, 0.3) is 11.1 Å². The van der Waals surface area contributed by atoms with Crippen LogP contribution in [0, 0.1) is 6.92 Å². The summed E-state index contributed by atoms with van der Waals surface area (Å²) in [6.45, 7) is 1.94. The topological polar surface area (TPSA) is 132 Å². The fraction of sp³-hybridized carbons (Fsp3) is 0.240. The highest BCUT2D eigenvalue weighted by molar-refractivity contribution is 7.16. The van der Waals surface area contributed by atoms with E-state index in [0.29, 0.717) is 38.3 Å². The van der Waals surface area contributed by atoms with E-state index in [4.69, 9.17) is 21.1 Å². The summed E-state index contributed by atoms with van der Waals surface area (Å²) >= 11 is 7.28. The molecule has 15 heteroatoms. The van der Waals surface area contributed by atoms with Gasteiger partial charge in [-0.25, -0.2) is 28.7 Å². The highest BCUT2D eigenvalue weighted by atomic mass is 35.5. The first-order valence-electron chi connectivity index (χ1n) is 11.6. The van der Waals surface area contributed by atoms with E-state index in [1.807, 2.05) is 0 Å². The smallest absolute Gasteiger partial charge is 0.282 e. The van der Waals surface area contributed by atoms with Crippen LogP contribution in [0.2, 0.25) is 5.15 Å². The Kier molecular flexibility index (Phi) is 7.54. The van der Waals surface area contributed by atoms with E-state index in [2.05, 4.69) is 30.2 Å². The highest BCUT2D eigenvalue weighted by Crippen LogP contribution is 2.36. The van der Waals surface area contributed by atoms with Gasteiger partial charge in [0.15, 0.2) is 10.8 Å². The zero-order valence-corrected chi connectivity index (χ0v) is 22.8. The van der Waals surface area contributed by atoms with Gasteiger partial charge in [-0.05, 0) is 19.1 Å². The molecule has 206 valence electrons. The lowest BCUT2D eigenvalue weighted by molar-refractivity contribution is 0.0727. The molecule has 1 N–H and O–H groups in total. The van der Waals surface area contributed by atoms with Crippen molar-refractivity contribution in [1.29, 1.82) is 0 Å². The average Bonchev–Trinajstić information content (AvgIpc) is 3.51. The monoisotopic (exact) mass is 587 g/mol. The van der Waals surface area contributed by atoms with Gasteiger partial charge in [0.1, 0.15) is 16.6 Å². The summed E-state index contributed by atoms with van der Waals surface area (Å²) in [7, 11) is 2.79. The second-order valence-corrected chi connectivity index (χ2v) is 10.0. The quantitative estimate of drug-likeness (QED) is 0.305. The lowest BCUT2D eigenvalue weighted by Gasteiger charge is -2.17. The van der Waals surface area contributed by atoms with E-state index in [-0.39, 0.29) is 29.7 Å². The number of nitrogens with zero attached hydrogens (tertiary/aromatic N) is 6. The number of fused-ring (bicyclic) bond motifs is 1. The van der Waals surface area contributed by atoms with Gasteiger partial charge in [0.05, 0.1) is 55.8 Å². The normalized spacial score (nSPS) is 12.4. The van der Waals surface area contributed by atoms with Crippen LogP contribution in [0.5, 0.6) is 11.6 Å². The summed E-state index contributed by atoms with van der Waals surface area (Å²) in [5, 5.41) is 3.32. The lowest BCUT2D eigenvalue weighted by atomic mass is 10.0. The maximum Gasteiger partial charge on any atom is 0.282 e. The second kappa shape index (κ2) is 11.1. The minimum Gasteiger partial charge on any atom is -0.494 e. The number of methoxy groups -OCH3 is 2. The fourth-order valence-corrected chi connectivity index (χ4v) is 5.24. The number of ether oxygens (including phenoxy) is 2. The molecule has 0 saturated heterocycles. The van der Waals surface area contributed by atoms with Gasteiger partial charge in [0, 0.05) is 23.0 Å². The van der Waals surface area contributed by atoms with E-state index in [1.165, 1.54) is 42.8 Å². The number of pyridine rings is 2. The summed E-state index contributed by atoms with van der Waals surface area (Å²) in [5.41, 5.74) is 1.37. The lowest BCUT2D eigenvalue weighted by Crippen LogP contribution is -2.28. The van der Waals surface area contributed by atoms with Crippen LogP contribution in [0.15, 0.2) is 30.7 Å². The largest absolute Gasteiger partial charge is 0.494 e. The molecule has 11 nitrogen and oxygen atoms in total. The van der Waals surface area contributed by atoms with Crippen LogP contribution in [0.1, 0.15) is 49.2 Å². The van der Waals surface area contributed by atoms with Crippen molar-refractivity contribution in [2.45, 2.75) is 26.4 Å². The molecule has 4 aromatic heterocycles. The van der Waals surface area contributed by atoms with Crippen molar-refractivity contribution in [1.82, 2.24) is 29.8 Å². The summed E-state index contributed by atoms with van der Waals surface area (Å²) in [6.07, 6.45) is 0.961. The Labute approximate surface area is 235 Å². The van der Waals surface area contributed by atoms with Gasteiger partial charge < -0.3 is 14.4 Å². The molecule has 4 aromatic rings. The zero-order chi connectivity index (χ0) is 28.6. The molecule has 0 fully saturated rings. The molecule has 0 bridgehead atoms. The van der Waals surface area contributed by atoms with Gasteiger partial charge in [0.25, 0.3) is 18.2 Å². The Morgan fingerprint density at radius 1 is 1.05 bits per heavy atom. The number of hydrogen-bond donors (Lipinski definition) is 1. The average molecular weight is 588 g/mol. The van der Waals surface area contributed by atoms with Crippen molar-refractivity contribution in [3.05, 3.63) is 69.1 Å². The molecule has 0 atom stereocenters. The molecule has 0 aliphatic carbocycles. The zero-order valence-electron chi connectivity index (χ0n) is 21.2. The number of rotatable bonds is 7. The fourth-order valence-electron chi connectivity index (χ4n) is 4.10. The Morgan fingerprint density at radius 2 is 1.85 bits per heavy atom. The molecule has 0 unspecified atom stereocenters. The number of amides is 2. The van der Waals surface area contributed by atoms with Gasteiger partial charge in [-0.1, -0.05) is 22.9 Å². The standard InChI is InChI=1S/C25H20ClF2N7O4S/c1-11-4-12(13-5-18(26)30-7-16(13)38-2)14(6-29-11)23(36)34-25-32-15-9-35(10-17(15)40-25)24(37)21-20(22(27)28)31-8-19(33-21)39-3/h4-8,22H,9-10H2,1-3H3,(H,32,34,36). The van der Waals surface area contributed by atoms with Gasteiger partial charge in [-0.15, -0.1) is 0 Å². The first-order chi connectivity index (χ1) is 19.2. The number of aryl methyl sites for hydroxylation is 1. The molecular weight excluding hydrogens is 568 g/mol. The number of anilines is 1. The van der Waals surface area contributed by atoms with Gasteiger partial charge >= 0.3 is 0 Å². The third-order valence-corrected chi connectivity index (χ3v) is 7.19. The predicted octanol–water partition coefficient (Wildman–Crippen LogP) is 4.72. The Hall–Kier alpha value is -4.30. The Morgan fingerprint density at radius 3 is 2.55 bits per heavy atom. The molecule has 2 amide bonds. The van der Waals surface area contributed by atoms with Crippen molar-refractivity contribution in [2.24, 2.45) is 0 Å².